The lowest BCUT2D eigenvalue weighted by Gasteiger charge is -2.13. The molecule has 0 spiro atoms. The van der Waals surface area contributed by atoms with Gasteiger partial charge in [0, 0.05) is 13.3 Å². The summed E-state index contributed by atoms with van der Waals surface area (Å²) >= 11 is 5.91. The molecule has 2 aromatic heterocycles. The number of amides is 1. The summed E-state index contributed by atoms with van der Waals surface area (Å²) < 4.78 is 11.1. The van der Waals surface area contributed by atoms with E-state index in [2.05, 4.69) is 20.3 Å². The fourth-order valence-corrected chi connectivity index (χ4v) is 2.17. The molecule has 1 atom stereocenters. The van der Waals surface area contributed by atoms with E-state index in [0.717, 1.165) is 6.42 Å². The summed E-state index contributed by atoms with van der Waals surface area (Å²) in [6, 6.07) is 3.33. The van der Waals surface area contributed by atoms with Crippen molar-refractivity contribution in [1.29, 1.82) is 0 Å². The van der Waals surface area contributed by atoms with Crippen LogP contribution in [0.1, 0.15) is 13.3 Å². The van der Waals surface area contributed by atoms with E-state index < -0.39 is 0 Å². The minimum Gasteiger partial charge on any atom is -0.470 e. The maximum Gasteiger partial charge on any atom is 0.245 e. The molecule has 2 aromatic rings. The van der Waals surface area contributed by atoms with Crippen molar-refractivity contribution < 1.29 is 14.3 Å². The Balaban J connectivity index is 2.03. The van der Waals surface area contributed by atoms with Crippen molar-refractivity contribution in [2.45, 2.75) is 19.4 Å². The monoisotopic (exact) mass is 308 g/mol. The smallest absolute Gasteiger partial charge is 0.245 e. The Bertz CT molecular complexity index is 688. The third kappa shape index (κ3) is 3.20. The Morgan fingerprint density at radius 2 is 2.29 bits per heavy atom. The average molecular weight is 309 g/mol. The fraction of sp³-hybridized carbons (Fsp3) is 0.385. The van der Waals surface area contributed by atoms with Crippen LogP contribution in [0.15, 0.2) is 12.1 Å². The molecule has 1 saturated heterocycles. The van der Waals surface area contributed by atoms with E-state index in [9.17, 15) is 4.79 Å². The first-order valence-electron chi connectivity index (χ1n) is 6.48. The SMILES string of the molecule is CC(=O)Nc1nc(OC2CCOC2)c2nc(Cl)ccc2n1. The highest BCUT2D eigenvalue weighted by Gasteiger charge is 2.21. The second kappa shape index (κ2) is 5.79. The molecule has 1 aliphatic rings. The van der Waals surface area contributed by atoms with Gasteiger partial charge in [0.15, 0.2) is 5.52 Å². The molecule has 1 aliphatic heterocycles. The molecular weight excluding hydrogens is 296 g/mol. The van der Waals surface area contributed by atoms with Gasteiger partial charge in [0.1, 0.15) is 11.3 Å². The summed E-state index contributed by atoms with van der Waals surface area (Å²) in [4.78, 5) is 23.8. The van der Waals surface area contributed by atoms with Crippen molar-refractivity contribution in [2.75, 3.05) is 18.5 Å². The van der Waals surface area contributed by atoms with E-state index >= 15 is 0 Å². The maximum atomic E-state index is 11.2. The predicted octanol–water partition coefficient (Wildman–Crippen LogP) is 1.80. The van der Waals surface area contributed by atoms with Crippen molar-refractivity contribution in [1.82, 2.24) is 15.0 Å². The van der Waals surface area contributed by atoms with Crippen molar-refractivity contribution >= 4 is 34.5 Å². The number of fused-ring (bicyclic) bond motifs is 1. The normalized spacial score (nSPS) is 17.9. The van der Waals surface area contributed by atoms with Crippen molar-refractivity contribution in [3.8, 4) is 5.88 Å². The second-order valence-electron chi connectivity index (χ2n) is 4.64. The quantitative estimate of drug-likeness (QED) is 0.870. The third-order valence-corrected chi connectivity index (χ3v) is 3.14. The molecule has 0 bridgehead atoms. The van der Waals surface area contributed by atoms with Gasteiger partial charge in [-0.05, 0) is 12.1 Å². The highest BCUT2D eigenvalue weighted by atomic mass is 35.5. The number of halogens is 1. The van der Waals surface area contributed by atoms with Crippen LogP contribution in [0.25, 0.3) is 11.0 Å². The van der Waals surface area contributed by atoms with Crippen LogP contribution in [0.2, 0.25) is 5.15 Å². The van der Waals surface area contributed by atoms with Crippen LogP contribution in [0.3, 0.4) is 0 Å². The Morgan fingerprint density at radius 1 is 1.43 bits per heavy atom. The molecule has 7 nitrogen and oxygen atoms in total. The molecule has 3 heterocycles. The lowest BCUT2D eigenvalue weighted by Crippen LogP contribution is -2.18. The molecule has 0 aliphatic carbocycles. The van der Waals surface area contributed by atoms with Crippen LogP contribution in [0.4, 0.5) is 5.95 Å². The van der Waals surface area contributed by atoms with Gasteiger partial charge in [0.05, 0.1) is 18.7 Å². The van der Waals surface area contributed by atoms with E-state index in [4.69, 9.17) is 21.1 Å². The van der Waals surface area contributed by atoms with Gasteiger partial charge in [-0.15, -0.1) is 0 Å². The Morgan fingerprint density at radius 3 is 3.00 bits per heavy atom. The van der Waals surface area contributed by atoms with E-state index in [1.54, 1.807) is 12.1 Å². The molecule has 21 heavy (non-hydrogen) atoms. The molecule has 0 aromatic carbocycles. The number of carbonyl (C=O) groups excluding carboxylic acids is 1. The number of nitrogens with one attached hydrogen (secondary N) is 1. The molecule has 1 N–H and O–H groups in total. The molecule has 110 valence electrons. The van der Waals surface area contributed by atoms with E-state index in [1.165, 1.54) is 6.92 Å². The standard InChI is InChI=1S/C13H13ClN4O3/c1-7(19)15-13-16-9-2-3-10(14)17-11(9)12(18-13)21-8-4-5-20-6-8/h2-3,8H,4-6H2,1H3,(H,15,16,18,19). The molecule has 1 amide bonds. The van der Waals surface area contributed by atoms with Gasteiger partial charge in [-0.2, -0.15) is 4.98 Å². The van der Waals surface area contributed by atoms with E-state index in [0.29, 0.717) is 35.3 Å². The first kappa shape index (κ1) is 14.0. The largest absolute Gasteiger partial charge is 0.470 e. The van der Waals surface area contributed by atoms with Gasteiger partial charge in [-0.3, -0.25) is 10.1 Å². The topological polar surface area (TPSA) is 86.2 Å². The van der Waals surface area contributed by atoms with E-state index in [1.807, 2.05) is 0 Å². The Kier molecular flexibility index (Phi) is 3.85. The second-order valence-corrected chi connectivity index (χ2v) is 5.03. The lowest BCUT2D eigenvalue weighted by atomic mass is 10.3. The van der Waals surface area contributed by atoms with Crippen LogP contribution >= 0.6 is 11.6 Å². The number of ether oxygens (including phenoxy) is 2. The number of nitrogens with zero attached hydrogens (tertiary/aromatic N) is 3. The number of aromatic nitrogens is 3. The zero-order chi connectivity index (χ0) is 14.8. The minimum absolute atomic E-state index is 0.0888. The van der Waals surface area contributed by atoms with Gasteiger partial charge >= 0.3 is 0 Å². The summed E-state index contributed by atoms with van der Waals surface area (Å²) in [5.74, 6) is 0.209. The van der Waals surface area contributed by atoms with Gasteiger partial charge in [-0.1, -0.05) is 11.6 Å². The highest BCUT2D eigenvalue weighted by Crippen LogP contribution is 2.26. The predicted molar refractivity (Wildman–Crippen MR) is 76.5 cm³/mol. The van der Waals surface area contributed by atoms with Crippen molar-refractivity contribution in [2.24, 2.45) is 0 Å². The van der Waals surface area contributed by atoms with Crippen LogP contribution < -0.4 is 10.1 Å². The molecule has 0 saturated carbocycles. The minimum atomic E-state index is -0.258. The van der Waals surface area contributed by atoms with E-state index in [-0.39, 0.29) is 18.0 Å². The number of anilines is 1. The maximum absolute atomic E-state index is 11.2. The highest BCUT2D eigenvalue weighted by molar-refractivity contribution is 6.29. The molecule has 0 radical (unpaired) electrons. The summed E-state index contributed by atoms with van der Waals surface area (Å²) in [5, 5.41) is 2.87. The van der Waals surface area contributed by atoms with Crippen LogP contribution in [-0.2, 0) is 9.53 Å². The van der Waals surface area contributed by atoms with Crippen molar-refractivity contribution in [3.05, 3.63) is 17.3 Å². The van der Waals surface area contributed by atoms with Gasteiger partial charge in [0.25, 0.3) is 0 Å². The number of rotatable bonds is 3. The van der Waals surface area contributed by atoms with Crippen molar-refractivity contribution in [3.63, 3.8) is 0 Å². The van der Waals surface area contributed by atoms with Crippen LogP contribution in [-0.4, -0.2) is 40.2 Å². The third-order valence-electron chi connectivity index (χ3n) is 2.93. The molecule has 1 unspecified atom stereocenters. The summed E-state index contributed by atoms with van der Waals surface area (Å²) in [7, 11) is 0. The first-order chi connectivity index (χ1) is 10.1. The zero-order valence-electron chi connectivity index (χ0n) is 11.3. The summed E-state index contributed by atoms with van der Waals surface area (Å²) in [5.41, 5.74) is 1.01. The Labute approximate surface area is 125 Å². The average Bonchev–Trinajstić information content (AvgIpc) is 2.92. The number of carbonyl (C=O) groups is 1. The number of pyridine rings is 1. The van der Waals surface area contributed by atoms with Gasteiger partial charge in [-0.25, -0.2) is 9.97 Å². The van der Waals surface area contributed by atoms with Crippen LogP contribution in [0.5, 0.6) is 5.88 Å². The molecule has 1 fully saturated rings. The molecule has 8 heteroatoms. The lowest BCUT2D eigenvalue weighted by molar-refractivity contribution is -0.114. The van der Waals surface area contributed by atoms with Crippen LogP contribution in [0, 0.1) is 0 Å². The Hall–Kier alpha value is -1.99. The molecular formula is C13H13ClN4O3. The van der Waals surface area contributed by atoms with Gasteiger partial charge < -0.3 is 9.47 Å². The number of hydrogen-bond acceptors (Lipinski definition) is 6. The first-order valence-corrected chi connectivity index (χ1v) is 6.86. The number of hydrogen-bond donors (Lipinski definition) is 1. The zero-order valence-corrected chi connectivity index (χ0v) is 12.1. The van der Waals surface area contributed by atoms with Gasteiger partial charge in [0.2, 0.25) is 17.7 Å². The molecule has 3 rings (SSSR count). The summed E-state index contributed by atoms with van der Waals surface area (Å²) in [6.45, 7) is 2.54. The fourth-order valence-electron chi connectivity index (χ4n) is 2.02. The summed E-state index contributed by atoms with van der Waals surface area (Å²) in [6.07, 6.45) is 0.690.